The van der Waals surface area contributed by atoms with Crippen molar-refractivity contribution in [2.24, 2.45) is 0 Å². The van der Waals surface area contributed by atoms with Crippen LogP contribution in [0.25, 0.3) is 11.0 Å². The number of carbonyl (C=O) groups excluding carboxylic acids is 2. The first kappa shape index (κ1) is 18.5. The molecule has 6 nitrogen and oxygen atoms in total. The standard InChI is InChI=1S/C21H21ClN4O2/c1-12-10-14(5-8-18(12)26-9-3-4-19(26)27)21(28)23-13(2)20-24-16-7-6-15(22)11-17(16)25-20/h5-8,10-11,13H,3-4,9H2,1-2H3,(H,23,28)(H,24,25)/t13-/m0/s1. The van der Waals surface area contributed by atoms with E-state index >= 15 is 0 Å². The second kappa shape index (κ2) is 7.28. The summed E-state index contributed by atoms with van der Waals surface area (Å²) in [5.41, 5.74) is 3.98. The van der Waals surface area contributed by atoms with Crippen molar-refractivity contribution >= 4 is 40.1 Å². The number of anilines is 1. The fourth-order valence-corrected chi connectivity index (χ4v) is 3.73. The Kier molecular flexibility index (Phi) is 4.81. The number of aromatic amines is 1. The molecule has 2 amide bonds. The van der Waals surface area contributed by atoms with E-state index in [0.717, 1.165) is 35.2 Å². The maximum absolute atomic E-state index is 12.7. The lowest BCUT2D eigenvalue weighted by molar-refractivity contribution is -0.117. The normalized spacial score (nSPS) is 15.2. The highest BCUT2D eigenvalue weighted by molar-refractivity contribution is 6.31. The zero-order valence-corrected chi connectivity index (χ0v) is 16.5. The number of rotatable bonds is 4. The van der Waals surface area contributed by atoms with Crippen molar-refractivity contribution in [2.45, 2.75) is 32.7 Å². The number of imidazole rings is 1. The van der Waals surface area contributed by atoms with E-state index in [9.17, 15) is 9.59 Å². The first-order valence-electron chi connectivity index (χ1n) is 9.29. The van der Waals surface area contributed by atoms with Crippen molar-refractivity contribution in [3.63, 3.8) is 0 Å². The van der Waals surface area contributed by atoms with Crippen molar-refractivity contribution in [3.05, 3.63) is 58.4 Å². The average molecular weight is 397 g/mol. The molecule has 2 aromatic carbocycles. The second-order valence-electron chi connectivity index (χ2n) is 7.13. The van der Waals surface area contributed by atoms with Gasteiger partial charge in [0.25, 0.3) is 5.91 Å². The Bertz CT molecular complexity index is 1080. The maximum Gasteiger partial charge on any atom is 0.251 e. The van der Waals surface area contributed by atoms with Gasteiger partial charge in [0.2, 0.25) is 5.91 Å². The van der Waals surface area contributed by atoms with Crippen LogP contribution in [-0.2, 0) is 4.79 Å². The van der Waals surface area contributed by atoms with Crippen molar-refractivity contribution in [1.29, 1.82) is 0 Å². The SMILES string of the molecule is Cc1cc(C(=O)N[C@@H](C)c2nc3ccc(Cl)cc3[nH]2)ccc1N1CCCC1=O. The van der Waals surface area contributed by atoms with Crippen molar-refractivity contribution in [2.75, 3.05) is 11.4 Å². The Morgan fingerprint density at radius 3 is 2.82 bits per heavy atom. The van der Waals surface area contributed by atoms with Crippen LogP contribution < -0.4 is 10.2 Å². The third-order valence-corrected chi connectivity index (χ3v) is 5.28. The first-order chi connectivity index (χ1) is 13.4. The Hall–Kier alpha value is -2.86. The third kappa shape index (κ3) is 3.47. The molecule has 28 heavy (non-hydrogen) atoms. The van der Waals surface area contributed by atoms with Crippen LogP contribution in [0.3, 0.4) is 0 Å². The summed E-state index contributed by atoms with van der Waals surface area (Å²) in [6.45, 7) is 4.53. The van der Waals surface area contributed by atoms with Crippen LogP contribution in [0, 0.1) is 6.92 Å². The van der Waals surface area contributed by atoms with Crippen LogP contribution in [0.1, 0.15) is 47.6 Å². The zero-order valence-electron chi connectivity index (χ0n) is 15.8. The van der Waals surface area contributed by atoms with E-state index in [1.807, 2.05) is 38.1 Å². The molecular weight excluding hydrogens is 376 g/mol. The molecular formula is C21H21ClN4O2. The molecule has 1 fully saturated rings. The van der Waals surface area contributed by atoms with Gasteiger partial charge in [-0.05, 0) is 62.2 Å². The number of nitrogens with zero attached hydrogens (tertiary/aromatic N) is 2. The molecule has 1 aliphatic rings. The lowest BCUT2D eigenvalue weighted by atomic mass is 10.1. The largest absolute Gasteiger partial charge is 0.342 e. The van der Waals surface area contributed by atoms with E-state index in [-0.39, 0.29) is 17.9 Å². The Labute approximate surface area is 167 Å². The van der Waals surface area contributed by atoms with Gasteiger partial charge in [-0.15, -0.1) is 0 Å². The number of hydrogen-bond acceptors (Lipinski definition) is 3. The molecule has 2 N–H and O–H groups in total. The summed E-state index contributed by atoms with van der Waals surface area (Å²) < 4.78 is 0. The van der Waals surface area contributed by atoms with Gasteiger partial charge < -0.3 is 15.2 Å². The number of aryl methyl sites for hydroxylation is 1. The summed E-state index contributed by atoms with van der Waals surface area (Å²) in [7, 11) is 0. The lowest BCUT2D eigenvalue weighted by Gasteiger charge is -2.19. The molecule has 2 heterocycles. The molecule has 0 aliphatic carbocycles. The van der Waals surface area contributed by atoms with Crippen molar-refractivity contribution in [3.8, 4) is 0 Å². The van der Waals surface area contributed by atoms with Crippen LogP contribution >= 0.6 is 11.6 Å². The Balaban J connectivity index is 1.50. The van der Waals surface area contributed by atoms with E-state index in [1.165, 1.54) is 0 Å². The predicted molar refractivity (Wildman–Crippen MR) is 110 cm³/mol. The van der Waals surface area contributed by atoms with Gasteiger partial charge in [-0.25, -0.2) is 4.98 Å². The number of halogens is 1. The smallest absolute Gasteiger partial charge is 0.251 e. The number of H-pyrrole nitrogens is 1. The number of fused-ring (bicyclic) bond motifs is 1. The number of nitrogens with one attached hydrogen (secondary N) is 2. The first-order valence-corrected chi connectivity index (χ1v) is 9.67. The third-order valence-electron chi connectivity index (χ3n) is 5.04. The molecule has 4 rings (SSSR count). The number of aromatic nitrogens is 2. The Morgan fingerprint density at radius 1 is 1.29 bits per heavy atom. The number of benzene rings is 2. The minimum absolute atomic E-state index is 0.138. The molecule has 7 heteroatoms. The Morgan fingerprint density at radius 2 is 2.11 bits per heavy atom. The molecule has 0 unspecified atom stereocenters. The highest BCUT2D eigenvalue weighted by Gasteiger charge is 2.23. The monoisotopic (exact) mass is 396 g/mol. The summed E-state index contributed by atoms with van der Waals surface area (Å²) in [6, 6.07) is 10.6. The fourth-order valence-electron chi connectivity index (χ4n) is 3.56. The number of carbonyl (C=O) groups is 2. The lowest BCUT2D eigenvalue weighted by Crippen LogP contribution is -2.28. The van der Waals surface area contributed by atoms with E-state index < -0.39 is 0 Å². The van der Waals surface area contributed by atoms with Crippen LogP contribution in [0.5, 0.6) is 0 Å². The predicted octanol–water partition coefficient (Wildman–Crippen LogP) is 4.14. The van der Waals surface area contributed by atoms with E-state index in [2.05, 4.69) is 15.3 Å². The van der Waals surface area contributed by atoms with Gasteiger partial charge in [0, 0.05) is 29.2 Å². The van der Waals surface area contributed by atoms with Gasteiger partial charge in [-0.1, -0.05) is 11.6 Å². The summed E-state index contributed by atoms with van der Waals surface area (Å²) in [6.07, 6.45) is 1.46. The second-order valence-corrected chi connectivity index (χ2v) is 7.57. The summed E-state index contributed by atoms with van der Waals surface area (Å²) >= 11 is 6.01. The van der Waals surface area contributed by atoms with E-state index in [1.54, 1.807) is 17.0 Å². The van der Waals surface area contributed by atoms with Crippen molar-refractivity contribution < 1.29 is 9.59 Å². The highest BCUT2D eigenvalue weighted by atomic mass is 35.5. The summed E-state index contributed by atoms with van der Waals surface area (Å²) in [4.78, 5) is 34.2. The molecule has 0 saturated carbocycles. The van der Waals surface area contributed by atoms with Crippen LogP contribution in [-0.4, -0.2) is 28.3 Å². The average Bonchev–Trinajstić information content (AvgIpc) is 3.27. The maximum atomic E-state index is 12.7. The topological polar surface area (TPSA) is 78.1 Å². The van der Waals surface area contributed by atoms with Crippen molar-refractivity contribution in [1.82, 2.24) is 15.3 Å². The minimum Gasteiger partial charge on any atom is -0.342 e. The molecule has 1 aromatic heterocycles. The van der Waals surface area contributed by atoms with Gasteiger partial charge in [0.05, 0.1) is 17.1 Å². The molecule has 1 aliphatic heterocycles. The molecule has 0 bridgehead atoms. The molecule has 1 saturated heterocycles. The summed E-state index contributed by atoms with van der Waals surface area (Å²) in [5, 5.41) is 3.60. The fraction of sp³-hybridized carbons (Fsp3) is 0.286. The van der Waals surface area contributed by atoms with Crippen LogP contribution in [0.4, 0.5) is 5.69 Å². The molecule has 144 valence electrons. The quantitative estimate of drug-likeness (QED) is 0.695. The van der Waals surface area contributed by atoms with Gasteiger partial charge in [0.15, 0.2) is 0 Å². The van der Waals surface area contributed by atoms with Gasteiger partial charge >= 0.3 is 0 Å². The number of amides is 2. The van der Waals surface area contributed by atoms with Crippen LogP contribution in [0.15, 0.2) is 36.4 Å². The van der Waals surface area contributed by atoms with Gasteiger partial charge in [-0.2, -0.15) is 0 Å². The minimum atomic E-state index is -0.293. The molecule has 1 atom stereocenters. The molecule has 0 spiro atoms. The van der Waals surface area contributed by atoms with Gasteiger partial charge in [0.1, 0.15) is 5.82 Å². The highest BCUT2D eigenvalue weighted by Crippen LogP contribution is 2.26. The van der Waals surface area contributed by atoms with Gasteiger partial charge in [-0.3, -0.25) is 9.59 Å². The summed E-state index contributed by atoms with van der Waals surface area (Å²) in [5.74, 6) is 0.619. The number of hydrogen-bond donors (Lipinski definition) is 2. The molecule has 3 aromatic rings. The van der Waals surface area contributed by atoms with E-state index in [0.29, 0.717) is 22.8 Å². The molecule has 0 radical (unpaired) electrons. The zero-order chi connectivity index (χ0) is 19.8. The van der Waals surface area contributed by atoms with E-state index in [4.69, 9.17) is 11.6 Å². The van der Waals surface area contributed by atoms with Crippen LogP contribution in [0.2, 0.25) is 5.02 Å².